The summed E-state index contributed by atoms with van der Waals surface area (Å²) in [5, 5.41) is 3.61. The van der Waals surface area contributed by atoms with Gasteiger partial charge in [0.1, 0.15) is 0 Å². The van der Waals surface area contributed by atoms with Crippen LogP contribution in [0.1, 0.15) is 44.9 Å². The van der Waals surface area contributed by atoms with Crippen molar-refractivity contribution < 1.29 is 0 Å². The molecule has 1 saturated carbocycles. The summed E-state index contributed by atoms with van der Waals surface area (Å²) >= 11 is 0. The summed E-state index contributed by atoms with van der Waals surface area (Å²) in [6.45, 7) is 3.91. The largest absolute Gasteiger partial charge is 0.300 e. The van der Waals surface area contributed by atoms with E-state index < -0.39 is 0 Å². The average molecular weight is 208 g/mol. The van der Waals surface area contributed by atoms with E-state index in [0.29, 0.717) is 0 Å². The Labute approximate surface area is 93.4 Å². The van der Waals surface area contributed by atoms with Gasteiger partial charge in [0, 0.05) is 19.6 Å². The molecule has 2 unspecified atom stereocenters. The quantitative estimate of drug-likeness (QED) is 0.711. The summed E-state index contributed by atoms with van der Waals surface area (Å²) in [5.74, 6) is 2.10. The molecule has 0 aromatic carbocycles. The van der Waals surface area contributed by atoms with Gasteiger partial charge in [-0.25, -0.2) is 0 Å². The highest BCUT2D eigenvalue weighted by Gasteiger charge is 2.34. The highest BCUT2D eigenvalue weighted by Crippen LogP contribution is 2.36. The lowest BCUT2D eigenvalue weighted by atomic mass is 9.76. The molecule has 2 heterocycles. The Balaban J connectivity index is 1.58. The SMILES string of the molecule is C1CCC(C2CCC3NCCN3C2)CC1. The maximum absolute atomic E-state index is 3.61. The number of fused-ring (bicyclic) bond motifs is 1. The monoisotopic (exact) mass is 208 g/mol. The maximum Gasteiger partial charge on any atom is 0.0598 e. The number of nitrogens with zero attached hydrogens (tertiary/aromatic N) is 1. The first kappa shape index (κ1) is 10.1. The third-order valence-corrected chi connectivity index (χ3v) is 4.82. The highest BCUT2D eigenvalue weighted by atomic mass is 15.3. The van der Waals surface area contributed by atoms with Crippen LogP contribution < -0.4 is 5.32 Å². The molecule has 2 aliphatic heterocycles. The normalized spacial score (nSPS) is 39.2. The van der Waals surface area contributed by atoms with E-state index in [0.717, 1.165) is 18.0 Å². The van der Waals surface area contributed by atoms with Crippen molar-refractivity contribution in [2.24, 2.45) is 11.8 Å². The molecule has 1 aliphatic carbocycles. The summed E-state index contributed by atoms with van der Waals surface area (Å²) in [6.07, 6.45) is 11.2. The first-order valence-corrected chi connectivity index (χ1v) is 6.91. The molecular formula is C13H24N2. The molecule has 0 aromatic rings. The molecule has 2 saturated heterocycles. The second kappa shape index (κ2) is 4.42. The molecule has 86 valence electrons. The van der Waals surface area contributed by atoms with E-state index in [1.807, 2.05) is 0 Å². The van der Waals surface area contributed by atoms with Gasteiger partial charge in [0.25, 0.3) is 0 Å². The van der Waals surface area contributed by atoms with Crippen LogP contribution in [0.15, 0.2) is 0 Å². The molecule has 0 bridgehead atoms. The third-order valence-electron chi connectivity index (χ3n) is 4.82. The van der Waals surface area contributed by atoms with Gasteiger partial charge in [-0.05, 0) is 24.7 Å². The number of hydrogen-bond acceptors (Lipinski definition) is 2. The minimum Gasteiger partial charge on any atom is -0.300 e. The minimum absolute atomic E-state index is 0.741. The van der Waals surface area contributed by atoms with Gasteiger partial charge in [-0.2, -0.15) is 0 Å². The van der Waals surface area contributed by atoms with Crippen molar-refractivity contribution in [2.45, 2.75) is 51.1 Å². The lowest BCUT2D eigenvalue weighted by molar-refractivity contribution is 0.0895. The Hall–Kier alpha value is -0.0800. The molecule has 3 rings (SSSR count). The van der Waals surface area contributed by atoms with E-state index in [1.165, 1.54) is 64.6 Å². The zero-order valence-corrected chi connectivity index (χ0v) is 9.75. The van der Waals surface area contributed by atoms with E-state index in [9.17, 15) is 0 Å². The van der Waals surface area contributed by atoms with Crippen molar-refractivity contribution in [1.82, 2.24) is 10.2 Å². The van der Waals surface area contributed by atoms with Crippen molar-refractivity contribution in [3.8, 4) is 0 Å². The Morgan fingerprint density at radius 2 is 1.73 bits per heavy atom. The molecule has 0 radical (unpaired) electrons. The number of piperidine rings is 1. The van der Waals surface area contributed by atoms with Gasteiger partial charge in [-0.3, -0.25) is 4.90 Å². The average Bonchev–Trinajstić information content (AvgIpc) is 2.77. The molecule has 0 aromatic heterocycles. The molecule has 3 aliphatic rings. The van der Waals surface area contributed by atoms with Crippen molar-refractivity contribution in [1.29, 1.82) is 0 Å². The Bertz CT molecular complexity index is 211. The molecule has 2 nitrogen and oxygen atoms in total. The number of nitrogens with one attached hydrogen (secondary N) is 1. The van der Waals surface area contributed by atoms with Gasteiger partial charge >= 0.3 is 0 Å². The van der Waals surface area contributed by atoms with Crippen molar-refractivity contribution >= 4 is 0 Å². The lowest BCUT2D eigenvalue weighted by Gasteiger charge is -2.39. The lowest BCUT2D eigenvalue weighted by Crippen LogP contribution is -2.45. The zero-order valence-electron chi connectivity index (χ0n) is 9.75. The smallest absolute Gasteiger partial charge is 0.0598 e. The van der Waals surface area contributed by atoms with Crippen LogP contribution in [0.4, 0.5) is 0 Å². The standard InChI is InChI=1S/C13H24N2/c1-2-4-11(5-3-1)12-6-7-13-14-8-9-15(13)10-12/h11-14H,1-10H2. The molecule has 1 N–H and O–H groups in total. The van der Waals surface area contributed by atoms with Crippen LogP contribution in [0.25, 0.3) is 0 Å². The van der Waals surface area contributed by atoms with Crippen molar-refractivity contribution in [3.05, 3.63) is 0 Å². The highest BCUT2D eigenvalue weighted by molar-refractivity contribution is 4.88. The summed E-state index contributed by atoms with van der Waals surface area (Å²) in [5.41, 5.74) is 0. The summed E-state index contributed by atoms with van der Waals surface area (Å²) in [4.78, 5) is 2.70. The summed E-state index contributed by atoms with van der Waals surface area (Å²) < 4.78 is 0. The predicted octanol–water partition coefficient (Wildman–Crippen LogP) is 2.21. The molecule has 2 heteroatoms. The molecule has 2 atom stereocenters. The van der Waals surface area contributed by atoms with Crippen molar-refractivity contribution in [2.75, 3.05) is 19.6 Å². The summed E-state index contributed by atoms with van der Waals surface area (Å²) in [6, 6.07) is 0. The molecule has 0 amide bonds. The summed E-state index contributed by atoms with van der Waals surface area (Å²) in [7, 11) is 0. The zero-order chi connectivity index (χ0) is 10.1. The van der Waals surface area contributed by atoms with Crippen LogP contribution in [0.3, 0.4) is 0 Å². The number of hydrogen-bond donors (Lipinski definition) is 1. The van der Waals surface area contributed by atoms with E-state index in [2.05, 4.69) is 10.2 Å². The van der Waals surface area contributed by atoms with Gasteiger partial charge < -0.3 is 5.32 Å². The predicted molar refractivity (Wildman–Crippen MR) is 62.7 cm³/mol. The fraction of sp³-hybridized carbons (Fsp3) is 1.00. The second-order valence-corrected chi connectivity index (χ2v) is 5.70. The van der Waals surface area contributed by atoms with E-state index in [-0.39, 0.29) is 0 Å². The third kappa shape index (κ3) is 2.07. The Morgan fingerprint density at radius 3 is 2.60 bits per heavy atom. The van der Waals surface area contributed by atoms with Gasteiger partial charge in [0.15, 0.2) is 0 Å². The van der Waals surface area contributed by atoms with Crippen LogP contribution in [0.5, 0.6) is 0 Å². The van der Waals surface area contributed by atoms with E-state index in [1.54, 1.807) is 0 Å². The van der Waals surface area contributed by atoms with E-state index >= 15 is 0 Å². The number of rotatable bonds is 1. The van der Waals surface area contributed by atoms with Crippen LogP contribution in [-0.4, -0.2) is 30.7 Å². The van der Waals surface area contributed by atoms with Crippen LogP contribution in [-0.2, 0) is 0 Å². The van der Waals surface area contributed by atoms with Crippen LogP contribution in [0.2, 0.25) is 0 Å². The maximum atomic E-state index is 3.61. The fourth-order valence-electron chi connectivity index (χ4n) is 3.92. The molecule has 3 fully saturated rings. The van der Waals surface area contributed by atoms with Gasteiger partial charge in [-0.1, -0.05) is 32.1 Å². The van der Waals surface area contributed by atoms with Gasteiger partial charge in [0.05, 0.1) is 6.17 Å². The fourth-order valence-corrected chi connectivity index (χ4v) is 3.92. The molecule has 15 heavy (non-hydrogen) atoms. The first-order chi connectivity index (χ1) is 7.43. The Morgan fingerprint density at radius 1 is 0.867 bits per heavy atom. The van der Waals surface area contributed by atoms with Crippen LogP contribution in [0, 0.1) is 11.8 Å². The Kier molecular flexibility index (Phi) is 2.98. The van der Waals surface area contributed by atoms with Gasteiger partial charge in [0.2, 0.25) is 0 Å². The first-order valence-electron chi connectivity index (χ1n) is 6.91. The van der Waals surface area contributed by atoms with Crippen molar-refractivity contribution in [3.63, 3.8) is 0 Å². The van der Waals surface area contributed by atoms with E-state index in [4.69, 9.17) is 0 Å². The second-order valence-electron chi connectivity index (χ2n) is 5.70. The molecular weight excluding hydrogens is 184 g/mol. The van der Waals surface area contributed by atoms with Crippen LogP contribution >= 0.6 is 0 Å². The topological polar surface area (TPSA) is 15.3 Å². The molecule has 0 spiro atoms. The van der Waals surface area contributed by atoms with Gasteiger partial charge in [-0.15, -0.1) is 0 Å². The minimum atomic E-state index is 0.741.